The molecule has 0 aliphatic heterocycles. The molecule has 0 aliphatic rings. The van der Waals surface area contributed by atoms with Crippen LogP contribution in [0.1, 0.15) is 26.5 Å². The highest BCUT2D eigenvalue weighted by Gasteiger charge is 2.23. The Labute approximate surface area is 128 Å². The van der Waals surface area contributed by atoms with Gasteiger partial charge in [-0.2, -0.15) is 9.47 Å². The highest BCUT2D eigenvalue weighted by molar-refractivity contribution is 7.04. The van der Waals surface area contributed by atoms with E-state index in [0.717, 1.165) is 28.3 Å². The molecule has 0 spiro atoms. The maximum absolute atomic E-state index is 4.59. The SMILES string of the molecule is Cn1nc(-c2ccccn2)cc1-c1csnc1C(C)(C)C. The van der Waals surface area contributed by atoms with Crippen LogP contribution in [-0.2, 0) is 12.5 Å². The van der Waals surface area contributed by atoms with Gasteiger partial charge in [-0.15, -0.1) is 0 Å². The van der Waals surface area contributed by atoms with Crippen LogP contribution in [0.2, 0.25) is 0 Å². The normalized spacial score (nSPS) is 11.8. The van der Waals surface area contributed by atoms with Crippen molar-refractivity contribution in [1.82, 2.24) is 19.1 Å². The molecule has 0 aromatic carbocycles. The second-order valence-electron chi connectivity index (χ2n) is 6.08. The summed E-state index contributed by atoms with van der Waals surface area (Å²) in [4.78, 5) is 4.37. The van der Waals surface area contributed by atoms with E-state index in [0.29, 0.717) is 0 Å². The van der Waals surface area contributed by atoms with E-state index in [1.165, 1.54) is 11.5 Å². The average molecular weight is 298 g/mol. The summed E-state index contributed by atoms with van der Waals surface area (Å²) in [6, 6.07) is 7.95. The highest BCUT2D eigenvalue weighted by atomic mass is 32.1. The standard InChI is InChI=1S/C16H18N4S/c1-16(2,3)15-11(10-21-19-15)14-9-13(18-20(14)4)12-7-5-6-8-17-12/h5-10H,1-4H3. The van der Waals surface area contributed by atoms with Crippen LogP contribution in [0.15, 0.2) is 35.8 Å². The molecule has 21 heavy (non-hydrogen) atoms. The van der Waals surface area contributed by atoms with Crippen LogP contribution in [0.4, 0.5) is 0 Å². The fraction of sp³-hybridized carbons (Fsp3) is 0.312. The van der Waals surface area contributed by atoms with Gasteiger partial charge in [0.15, 0.2) is 0 Å². The van der Waals surface area contributed by atoms with Crippen molar-refractivity contribution in [3.8, 4) is 22.6 Å². The quantitative estimate of drug-likeness (QED) is 0.720. The summed E-state index contributed by atoms with van der Waals surface area (Å²) in [5.41, 5.74) is 5.14. The van der Waals surface area contributed by atoms with E-state index in [-0.39, 0.29) is 5.41 Å². The molecule has 4 nitrogen and oxygen atoms in total. The molecule has 0 N–H and O–H groups in total. The van der Waals surface area contributed by atoms with E-state index < -0.39 is 0 Å². The molecule has 0 fully saturated rings. The third kappa shape index (κ3) is 2.61. The van der Waals surface area contributed by atoms with Crippen LogP contribution < -0.4 is 0 Å². The van der Waals surface area contributed by atoms with Gasteiger partial charge >= 0.3 is 0 Å². The summed E-state index contributed by atoms with van der Waals surface area (Å²) < 4.78 is 6.48. The summed E-state index contributed by atoms with van der Waals surface area (Å²) >= 11 is 1.49. The number of hydrogen-bond acceptors (Lipinski definition) is 4. The van der Waals surface area contributed by atoms with Crippen molar-refractivity contribution in [3.05, 3.63) is 41.5 Å². The molecular formula is C16H18N4S. The first-order chi connectivity index (χ1) is 9.97. The Morgan fingerprint density at radius 3 is 2.62 bits per heavy atom. The molecule has 3 heterocycles. The lowest BCUT2D eigenvalue weighted by Gasteiger charge is -2.17. The number of hydrogen-bond donors (Lipinski definition) is 0. The van der Waals surface area contributed by atoms with Crippen LogP contribution in [0.3, 0.4) is 0 Å². The Morgan fingerprint density at radius 2 is 1.95 bits per heavy atom. The first kappa shape index (κ1) is 13.9. The predicted octanol–water partition coefficient (Wildman–Crippen LogP) is 3.90. The number of aryl methyl sites for hydroxylation is 1. The Bertz CT molecular complexity index is 750. The summed E-state index contributed by atoms with van der Waals surface area (Å²) in [5, 5.41) is 6.69. The van der Waals surface area contributed by atoms with Crippen LogP contribution in [0.25, 0.3) is 22.6 Å². The zero-order valence-corrected chi connectivity index (χ0v) is 13.5. The van der Waals surface area contributed by atoms with E-state index >= 15 is 0 Å². The molecular weight excluding hydrogens is 280 g/mol. The summed E-state index contributed by atoms with van der Waals surface area (Å²) in [7, 11) is 1.96. The Hall–Kier alpha value is -2.01. The Balaban J connectivity index is 2.09. The minimum atomic E-state index is 0.0186. The number of aromatic nitrogens is 4. The van der Waals surface area contributed by atoms with Gasteiger partial charge in [-0.05, 0) is 29.7 Å². The number of rotatable bonds is 2. The van der Waals surface area contributed by atoms with Gasteiger partial charge in [0.05, 0.1) is 17.1 Å². The fourth-order valence-electron chi connectivity index (χ4n) is 2.32. The third-order valence-electron chi connectivity index (χ3n) is 3.36. The lowest BCUT2D eigenvalue weighted by Crippen LogP contribution is -2.13. The molecule has 0 amide bonds. The van der Waals surface area contributed by atoms with Crippen molar-refractivity contribution in [2.75, 3.05) is 0 Å². The molecule has 5 heteroatoms. The smallest absolute Gasteiger partial charge is 0.111 e. The molecule has 0 saturated carbocycles. The van der Waals surface area contributed by atoms with Crippen LogP contribution >= 0.6 is 11.5 Å². The van der Waals surface area contributed by atoms with Gasteiger partial charge in [0.1, 0.15) is 5.69 Å². The average Bonchev–Trinajstić information content (AvgIpc) is 3.05. The fourth-order valence-corrected chi connectivity index (χ4v) is 3.19. The second-order valence-corrected chi connectivity index (χ2v) is 6.71. The van der Waals surface area contributed by atoms with Crippen LogP contribution in [-0.4, -0.2) is 19.1 Å². The van der Waals surface area contributed by atoms with E-state index in [4.69, 9.17) is 0 Å². The highest BCUT2D eigenvalue weighted by Crippen LogP contribution is 2.34. The minimum Gasteiger partial charge on any atom is -0.267 e. The molecule has 0 atom stereocenters. The first-order valence-corrected chi connectivity index (χ1v) is 7.71. The van der Waals surface area contributed by atoms with Crippen molar-refractivity contribution < 1.29 is 0 Å². The van der Waals surface area contributed by atoms with E-state index in [2.05, 4.69) is 46.7 Å². The second kappa shape index (κ2) is 5.07. The van der Waals surface area contributed by atoms with Gasteiger partial charge in [0.2, 0.25) is 0 Å². The molecule has 3 rings (SSSR count). The monoisotopic (exact) mass is 298 g/mol. The third-order valence-corrected chi connectivity index (χ3v) is 3.99. The zero-order valence-electron chi connectivity index (χ0n) is 12.7. The van der Waals surface area contributed by atoms with E-state index in [1.54, 1.807) is 6.20 Å². The van der Waals surface area contributed by atoms with Crippen LogP contribution in [0, 0.1) is 0 Å². The molecule has 0 saturated heterocycles. The molecule has 0 bridgehead atoms. The van der Waals surface area contributed by atoms with Crippen molar-refractivity contribution in [2.45, 2.75) is 26.2 Å². The maximum atomic E-state index is 4.59. The molecule has 3 aromatic heterocycles. The van der Waals surface area contributed by atoms with Gasteiger partial charge in [-0.3, -0.25) is 9.67 Å². The van der Waals surface area contributed by atoms with Gasteiger partial charge in [-0.1, -0.05) is 26.8 Å². The van der Waals surface area contributed by atoms with Gasteiger partial charge < -0.3 is 0 Å². The van der Waals surface area contributed by atoms with Gasteiger partial charge in [0.25, 0.3) is 0 Å². The van der Waals surface area contributed by atoms with Crippen molar-refractivity contribution in [2.24, 2.45) is 7.05 Å². The van der Waals surface area contributed by atoms with Crippen LogP contribution in [0.5, 0.6) is 0 Å². The number of nitrogens with zero attached hydrogens (tertiary/aromatic N) is 4. The van der Waals surface area contributed by atoms with Crippen molar-refractivity contribution in [3.63, 3.8) is 0 Å². The molecule has 3 aromatic rings. The largest absolute Gasteiger partial charge is 0.267 e. The lowest BCUT2D eigenvalue weighted by molar-refractivity contribution is 0.576. The predicted molar refractivity (Wildman–Crippen MR) is 86.2 cm³/mol. The molecule has 0 aliphatic carbocycles. The Morgan fingerprint density at radius 1 is 1.14 bits per heavy atom. The first-order valence-electron chi connectivity index (χ1n) is 6.87. The summed E-state index contributed by atoms with van der Waals surface area (Å²) in [6.45, 7) is 6.55. The van der Waals surface area contributed by atoms with E-state index in [1.807, 2.05) is 29.9 Å². The summed E-state index contributed by atoms with van der Waals surface area (Å²) in [6.07, 6.45) is 1.79. The van der Waals surface area contributed by atoms with Gasteiger partial charge in [-0.25, -0.2) is 0 Å². The maximum Gasteiger partial charge on any atom is 0.111 e. The van der Waals surface area contributed by atoms with E-state index in [9.17, 15) is 0 Å². The lowest BCUT2D eigenvalue weighted by atomic mass is 9.89. The van der Waals surface area contributed by atoms with Crippen molar-refractivity contribution >= 4 is 11.5 Å². The zero-order chi connectivity index (χ0) is 15.0. The molecule has 108 valence electrons. The molecule has 0 unspecified atom stereocenters. The number of pyridine rings is 1. The van der Waals surface area contributed by atoms with Crippen molar-refractivity contribution in [1.29, 1.82) is 0 Å². The molecule has 0 radical (unpaired) electrons. The minimum absolute atomic E-state index is 0.0186. The van der Waals surface area contributed by atoms with Gasteiger partial charge in [0, 0.05) is 29.6 Å². The topological polar surface area (TPSA) is 43.6 Å². The summed E-state index contributed by atoms with van der Waals surface area (Å²) in [5.74, 6) is 0. The Kier molecular flexibility index (Phi) is 3.37.